The Morgan fingerprint density at radius 2 is 2.00 bits per heavy atom. The molecule has 2 rings (SSSR count). The van der Waals surface area contributed by atoms with E-state index in [0.29, 0.717) is 33.8 Å². The highest BCUT2D eigenvalue weighted by atomic mass is 35.5. The van der Waals surface area contributed by atoms with E-state index >= 15 is 0 Å². The monoisotopic (exact) mass is 343 g/mol. The van der Waals surface area contributed by atoms with Crippen molar-refractivity contribution in [1.29, 1.82) is 0 Å². The molecule has 0 saturated heterocycles. The first-order valence-corrected chi connectivity index (χ1v) is 7.18. The summed E-state index contributed by atoms with van der Waals surface area (Å²) in [6.07, 6.45) is 3.42. The lowest BCUT2D eigenvalue weighted by atomic mass is 10.2. The van der Waals surface area contributed by atoms with Gasteiger partial charge in [0.05, 0.1) is 36.1 Å². The number of methoxy groups -OCH3 is 2. The molecular weight excluding hydrogens is 329 g/mol. The van der Waals surface area contributed by atoms with Gasteiger partial charge < -0.3 is 14.8 Å². The highest BCUT2D eigenvalue weighted by molar-refractivity contribution is 6.32. The second-order valence-electron chi connectivity index (χ2n) is 4.41. The fourth-order valence-electron chi connectivity index (χ4n) is 1.85. The molecule has 0 aliphatic carbocycles. The summed E-state index contributed by atoms with van der Waals surface area (Å²) in [5.41, 5.74) is 0.493. The van der Waals surface area contributed by atoms with Crippen LogP contribution in [0.4, 0.5) is 5.69 Å². The fraction of sp³-hybridized carbons (Fsp3) is 0.286. The number of hydrogen-bond acceptors (Lipinski definition) is 4. The van der Waals surface area contributed by atoms with Gasteiger partial charge in [-0.3, -0.25) is 9.48 Å². The SMILES string of the molecule is COc1cc(NC(=O)CCn2cc(Cl)cn2)c(OC)cc1Cl. The van der Waals surface area contributed by atoms with Crippen LogP contribution >= 0.6 is 23.2 Å². The van der Waals surface area contributed by atoms with Gasteiger partial charge in [0, 0.05) is 31.3 Å². The quantitative estimate of drug-likeness (QED) is 0.874. The van der Waals surface area contributed by atoms with Crippen LogP contribution in [0.1, 0.15) is 6.42 Å². The third kappa shape index (κ3) is 4.05. The lowest BCUT2D eigenvalue weighted by Crippen LogP contribution is -2.15. The van der Waals surface area contributed by atoms with Gasteiger partial charge >= 0.3 is 0 Å². The molecule has 1 aromatic carbocycles. The summed E-state index contributed by atoms with van der Waals surface area (Å²) in [4.78, 5) is 12.0. The molecule has 0 aliphatic heterocycles. The molecule has 1 N–H and O–H groups in total. The molecular formula is C14H15Cl2N3O3. The zero-order valence-electron chi connectivity index (χ0n) is 12.1. The standard InChI is InChI=1S/C14H15Cl2N3O3/c1-21-12-6-11(13(22-2)5-10(12)16)18-14(20)3-4-19-8-9(15)7-17-19/h5-8H,3-4H2,1-2H3,(H,18,20). The number of benzene rings is 1. The van der Waals surface area contributed by atoms with Gasteiger partial charge in [-0.2, -0.15) is 5.10 Å². The van der Waals surface area contributed by atoms with Gasteiger partial charge in [0.1, 0.15) is 11.5 Å². The van der Waals surface area contributed by atoms with Crippen molar-refractivity contribution in [2.75, 3.05) is 19.5 Å². The van der Waals surface area contributed by atoms with Crippen LogP contribution in [0.25, 0.3) is 0 Å². The van der Waals surface area contributed by atoms with Crippen LogP contribution in [0.5, 0.6) is 11.5 Å². The lowest BCUT2D eigenvalue weighted by Gasteiger charge is -2.13. The molecule has 0 bridgehead atoms. The molecule has 1 amide bonds. The van der Waals surface area contributed by atoms with E-state index in [4.69, 9.17) is 32.7 Å². The molecule has 22 heavy (non-hydrogen) atoms. The van der Waals surface area contributed by atoms with E-state index in [9.17, 15) is 4.79 Å². The van der Waals surface area contributed by atoms with Crippen molar-refractivity contribution in [2.24, 2.45) is 0 Å². The van der Waals surface area contributed by atoms with E-state index in [1.54, 1.807) is 23.0 Å². The molecule has 0 radical (unpaired) electrons. The van der Waals surface area contributed by atoms with Gasteiger partial charge in [-0.1, -0.05) is 23.2 Å². The minimum Gasteiger partial charge on any atom is -0.495 e. The Kier molecular flexibility index (Phi) is 5.51. The Balaban J connectivity index is 2.04. The number of rotatable bonds is 6. The van der Waals surface area contributed by atoms with Gasteiger partial charge in [-0.05, 0) is 0 Å². The molecule has 118 valence electrons. The summed E-state index contributed by atoms with van der Waals surface area (Å²) < 4.78 is 11.9. The van der Waals surface area contributed by atoms with Crippen molar-refractivity contribution >= 4 is 34.8 Å². The summed E-state index contributed by atoms with van der Waals surface area (Å²) in [6.45, 7) is 0.422. The first-order valence-electron chi connectivity index (χ1n) is 6.43. The highest BCUT2D eigenvalue weighted by Gasteiger charge is 2.12. The van der Waals surface area contributed by atoms with E-state index in [2.05, 4.69) is 10.4 Å². The average Bonchev–Trinajstić information content (AvgIpc) is 2.92. The van der Waals surface area contributed by atoms with Crippen LogP contribution in [0.2, 0.25) is 10.0 Å². The smallest absolute Gasteiger partial charge is 0.226 e. The number of ether oxygens (including phenoxy) is 2. The number of amides is 1. The molecule has 1 aromatic heterocycles. The van der Waals surface area contributed by atoms with Crippen molar-refractivity contribution in [1.82, 2.24) is 9.78 Å². The van der Waals surface area contributed by atoms with Crippen molar-refractivity contribution in [2.45, 2.75) is 13.0 Å². The van der Waals surface area contributed by atoms with Gasteiger partial charge in [0.25, 0.3) is 0 Å². The van der Waals surface area contributed by atoms with E-state index in [1.807, 2.05) is 0 Å². The number of hydrogen-bond donors (Lipinski definition) is 1. The summed E-state index contributed by atoms with van der Waals surface area (Å²) in [5, 5.41) is 7.71. The van der Waals surface area contributed by atoms with Crippen molar-refractivity contribution in [3.8, 4) is 11.5 Å². The summed E-state index contributed by atoms with van der Waals surface area (Å²) >= 11 is 11.8. The minimum atomic E-state index is -0.186. The number of nitrogens with one attached hydrogen (secondary N) is 1. The van der Waals surface area contributed by atoms with E-state index in [-0.39, 0.29) is 12.3 Å². The first kappa shape index (κ1) is 16.5. The maximum Gasteiger partial charge on any atom is 0.226 e. The molecule has 8 heteroatoms. The largest absolute Gasteiger partial charge is 0.495 e. The third-order valence-electron chi connectivity index (χ3n) is 2.92. The average molecular weight is 344 g/mol. The Labute approximate surface area is 137 Å². The van der Waals surface area contributed by atoms with Crippen molar-refractivity contribution in [3.63, 3.8) is 0 Å². The van der Waals surface area contributed by atoms with Crippen molar-refractivity contribution < 1.29 is 14.3 Å². The first-order chi connectivity index (χ1) is 10.5. The normalized spacial score (nSPS) is 10.4. The Morgan fingerprint density at radius 1 is 1.27 bits per heavy atom. The zero-order chi connectivity index (χ0) is 16.1. The maximum atomic E-state index is 12.0. The number of aromatic nitrogens is 2. The van der Waals surface area contributed by atoms with Gasteiger partial charge in [0.15, 0.2) is 0 Å². The number of carbonyl (C=O) groups is 1. The topological polar surface area (TPSA) is 65.4 Å². The van der Waals surface area contributed by atoms with Crippen LogP contribution in [-0.2, 0) is 11.3 Å². The van der Waals surface area contributed by atoms with Gasteiger partial charge in [0.2, 0.25) is 5.91 Å². The fourth-order valence-corrected chi connectivity index (χ4v) is 2.23. The number of halogens is 2. The maximum absolute atomic E-state index is 12.0. The second kappa shape index (κ2) is 7.38. The number of carbonyl (C=O) groups excluding carboxylic acids is 1. The minimum absolute atomic E-state index is 0.186. The van der Waals surface area contributed by atoms with E-state index < -0.39 is 0 Å². The van der Waals surface area contributed by atoms with Crippen molar-refractivity contribution in [3.05, 3.63) is 34.6 Å². The molecule has 0 atom stereocenters. The third-order valence-corrected chi connectivity index (χ3v) is 3.41. The van der Waals surface area contributed by atoms with Crippen LogP contribution in [0.3, 0.4) is 0 Å². The van der Waals surface area contributed by atoms with Crippen LogP contribution < -0.4 is 14.8 Å². The van der Waals surface area contributed by atoms with E-state index in [1.165, 1.54) is 20.4 Å². The molecule has 0 fully saturated rings. The zero-order valence-corrected chi connectivity index (χ0v) is 13.6. The number of anilines is 1. The number of nitrogens with zero attached hydrogens (tertiary/aromatic N) is 2. The molecule has 0 unspecified atom stereocenters. The van der Waals surface area contributed by atoms with Crippen LogP contribution in [-0.4, -0.2) is 29.9 Å². The predicted octanol–water partition coefficient (Wildman–Crippen LogP) is 3.24. The highest BCUT2D eigenvalue weighted by Crippen LogP contribution is 2.35. The Morgan fingerprint density at radius 3 is 2.59 bits per heavy atom. The molecule has 0 spiro atoms. The summed E-state index contributed by atoms with van der Waals surface area (Å²) in [5.74, 6) is 0.729. The molecule has 6 nitrogen and oxygen atoms in total. The molecule has 0 saturated carbocycles. The Bertz CT molecular complexity index is 673. The summed E-state index contributed by atoms with van der Waals surface area (Å²) in [6, 6.07) is 3.20. The van der Waals surface area contributed by atoms with E-state index in [0.717, 1.165) is 0 Å². The van der Waals surface area contributed by atoms with Crippen LogP contribution in [0.15, 0.2) is 24.5 Å². The van der Waals surface area contributed by atoms with Gasteiger partial charge in [-0.25, -0.2) is 0 Å². The Hall–Kier alpha value is -1.92. The summed E-state index contributed by atoms with van der Waals surface area (Å²) in [7, 11) is 3.00. The molecule has 2 aromatic rings. The number of aryl methyl sites for hydroxylation is 1. The van der Waals surface area contributed by atoms with Crippen LogP contribution in [0, 0.1) is 0 Å². The lowest BCUT2D eigenvalue weighted by molar-refractivity contribution is -0.116. The predicted molar refractivity (Wildman–Crippen MR) is 85.0 cm³/mol. The second-order valence-corrected chi connectivity index (χ2v) is 5.25. The molecule has 0 aliphatic rings. The van der Waals surface area contributed by atoms with Gasteiger partial charge in [-0.15, -0.1) is 0 Å². The molecule has 1 heterocycles.